The molecule has 2 unspecified atom stereocenters. The maximum Gasteiger partial charge on any atom is 0.267 e. The molecule has 0 spiro atoms. The van der Waals surface area contributed by atoms with Gasteiger partial charge in [0.05, 0.1) is 77.3 Å². The zero-order valence-electron chi connectivity index (χ0n) is 75.8. The Balaban J connectivity index is 0.944. The van der Waals surface area contributed by atoms with Crippen molar-refractivity contribution in [2.24, 2.45) is 22.2 Å². The molecule has 734 valence electrons. The minimum atomic E-state index is -5.22. The number of likely N-dealkylation sites (tertiary alicyclic amines) is 3. The lowest BCUT2D eigenvalue weighted by molar-refractivity contribution is -0.270. The molecule has 6 amide bonds. The van der Waals surface area contributed by atoms with Crippen LogP contribution in [-0.4, -0.2) is 323 Å². The first-order valence-corrected chi connectivity index (χ1v) is 48.8. The van der Waals surface area contributed by atoms with Crippen molar-refractivity contribution >= 4 is 68.4 Å². The van der Waals surface area contributed by atoms with Crippen molar-refractivity contribution in [3.8, 4) is 0 Å². The molecule has 6 heterocycles. The van der Waals surface area contributed by atoms with Crippen molar-refractivity contribution in [1.29, 1.82) is 0 Å². The van der Waals surface area contributed by atoms with Gasteiger partial charge < -0.3 is 138 Å². The van der Waals surface area contributed by atoms with Gasteiger partial charge in [-0.25, -0.2) is 0 Å². The fourth-order valence-electron chi connectivity index (χ4n) is 16.6. The predicted octanol–water partition coefficient (Wildman–Crippen LogP) is 3.02. The summed E-state index contributed by atoms with van der Waals surface area (Å²) in [6.07, 6.45) is 1.66. The Hall–Kier alpha value is -4.59. The highest BCUT2D eigenvalue weighted by molar-refractivity contribution is 7.46. The van der Waals surface area contributed by atoms with E-state index in [0.717, 1.165) is 6.42 Å². The molecule has 127 heavy (non-hydrogen) atoms. The number of aliphatic hydroxyl groups is 9. The zero-order chi connectivity index (χ0) is 93.6. The van der Waals surface area contributed by atoms with Crippen LogP contribution < -0.4 is 25.7 Å². The van der Waals surface area contributed by atoms with E-state index in [4.69, 9.17) is 51.3 Å². The number of ether oxygens (including phenoxy) is 7. The summed E-state index contributed by atoms with van der Waals surface area (Å²) in [4.78, 5) is 147. The molecule has 6 aliphatic heterocycles. The number of ketones is 3. The van der Waals surface area contributed by atoms with Crippen LogP contribution >= 0.6 is 15.6 Å². The van der Waals surface area contributed by atoms with Crippen LogP contribution in [0.5, 0.6) is 0 Å². The monoisotopic (exact) mass is 1860 g/mol. The number of hydrogen-bond acceptors (Lipinski definition) is 33. The molecular formula is C86H150N6O33P2-2. The highest BCUT2D eigenvalue weighted by Gasteiger charge is 2.49. The summed E-state index contributed by atoms with van der Waals surface area (Å²) >= 11 is 0. The van der Waals surface area contributed by atoms with E-state index >= 15 is 0 Å². The van der Waals surface area contributed by atoms with Crippen LogP contribution in [0.1, 0.15) is 260 Å². The Morgan fingerprint density at radius 3 is 0.921 bits per heavy atom. The lowest BCUT2D eigenvalue weighted by atomic mass is 9.79. The molecule has 0 aromatic carbocycles. The number of unbranched alkanes of at least 4 members (excludes halogenated alkanes) is 12. The molecule has 17 atom stereocenters. The number of phosphoric ester groups is 2. The first kappa shape index (κ1) is 111. The van der Waals surface area contributed by atoms with Gasteiger partial charge in [0.25, 0.3) is 15.6 Å². The minimum Gasteiger partial charge on any atom is -0.756 e. The highest BCUT2D eigenvalue weighted by Crippen LogP contribution is 2.50. The maximum absolute atomic E-state index is 14.1. The average Bonchev–Trinajstić information content (AvgIpc) is 0.827. The van der Waals surface area contributed by atoms with Crippen molar-refractivity contribution in [3.05, 3.63) is 0 Å². The van der Waals surface area contributed by atoms with E-state index in [1.165, 1.54) is 20.8 Å². The standard InChI is InChI=1S/C86H152N6O33P2/c1-59-66(50-93)123-80(72(75(59)106)87-60(2)97)115-47-23-20-29-63(100)26-16-10-13-19-34-71(105)92-45-39-86(40-46-92,57-121-126(111,112)119-55-84(53-96)35-41-90(42-36-84)69(103)32-17-11-8-14-27-64(101)30-21-24-48-116-81-73(88-61(3)98)78(109)76(107)67(51-94)124-81)58-122-127(113,114)120-56-85(54-118-83(5,6)7)37-43-91(44-38-85)70(104)33-18-12-9-15-28-65(102)31-22-25-49-117-82-74(89-62(4)99)79(110)77(108)68(52-95)125-82/h59,66-68,72-82,93-96,106-110H,8-58H2,1-7H3,(H,87,97)(H,88,98)(H,89,99)(H,111,112)(H,113,114)/p-2/t59-,66+,67+,68+,72+,73+,74+,75-,76-,77-,78+,79+,80+,81+,82+/m0/s1. The van der Waals surface area contributed by atoms with E-state index in [-0.39, 0.29) is 165 Å². The number of nitrogens with zero attached hydrogens (tertiary/aromatic N) is 3. The number of hydrogen-bond donors (Lipinski definition) is 12. The fraction of sp³-hybridized carbons (Fsp3) is 0.895. The lowest BCUT2D eigenvalue weighted by Crippen LogP contribution is -2.64. The van der Waals surface area contributed by atoms with E-state index < -0.39 is 181 Å². The van der Waals surface area contributed by atoms with E-state index in [1.807, 2.05) is 20.8 Å². The van der Waals surface area contributed by atoms with Crippen LogP contribution in [0.25, 0.3) is 0 Å². The van der Waals surface area contributed by atoms with Gasteiger partial charge in [-0.3, -0.25) is 52.3 Å². The van der Waals surface area contributed by atoms with Crippen LogP contribution in [0.3, 0.4) is 0 Å². The van der Waals surface area contributed by atoms with E-state index in [0.29, 0.717) is 161 Å². The molecule has 0 aromatic heterocycles. The van der Waals surface area contributed by atoms with E-state index in [1.54, 1.807) is 21.6 Å². The van der Waals surface area contributed by atoms with Crippen molar-refractivity contribution in [1.82, 2.24) is 30.7 Å². The minimum absolute atomic E-state index is 0.0389. The first-order valence-electron chi connectivity index (χ1n) is 45.9. The van der Waals surface area contributed by atoms with Crippen LogP contribution in [0.4, 0.5) is 0 Å². The third kappa shape index (κ3) is 39.1. The summed E-state index contributed by atoms with van der Waals surface area (Å²) in [6, 6.07) is -2.96. The van der Waals surface area contributed by atoms with E-state index in [9.17, 15) is 108 Å². The molecule has 0 aromatic rings. The van der Waals surface area contributed by atoms with Gasteiger partial charge in [0.15, 0.2) is 18.9 Å². The molecular weight excluding hydrogens is 1710 g/mol. The molecule has 0 bridgehead atoms. The van der Waals surface area contributed by atoms with Gasteiger partial charge in [0.2, 0.25) is 35.4 Å². The van der Waals surface area contributed by atoms with Gasteiger partial charge in [-0.15, -0.1) is 0 Å². The second-order valence-electron chi connectivity index (χ2n) is 36.7. The topological polar surface area (TPSA) is 563 Å². The number of Topliss-reactive ketones (excluding diaryl/α,β-unsaturated/α-hetero) is 3. The number of aliphatic hydroxyl groups excluding tert-OH is 9. The molecule has 6 rings (SSSR count). The number of amides is 6. The number of nitrogens with one attached hydrogen (secondary N) is 3. The molecule has 39 nitrogen and oxygen atoms in total. The molecule has 6 saturated heterocycles. The second kappa shape index (κ2) is 55.9. The fourth-order valence-corrected chi connectivity index (χ4v) is 18.5. The maximum atomic E-state index is 14.1. The number of carbonyl (C=O) groups is 9. The summed E-state index contributed by atoms with van der Waals surface area (Å²) in [5.41, 5.74) is -3.92. The van der Waals surface area contributed by atoms with Gasteiger partial charge >= 0.3 is 0 Å². The number of phosphoric acid groups is 2. The van der Waals surface area contributed by atoms with Gasteiger partial charge in [-0.1, -0.05) is 45.4 Å². The summed E-state index contributed by atoms with van der Waals surface area (Å²) in [5.74, 6) is -1.93. The Kier molecular flexibility index (Phi) is 48.9. The Morgan fingerprint density at radius 1 is 0.378 bits per heavy atom. The molecule has 12 N–H and O–H groups in total. The summed E-state index contributed by atoms with van der Waals surface area (Å²) in [7, 11) is -10.4. The molecule has 41 heteroatoms. The van der Waals surface area contributed by atoms with Gasteiger partial charge in [0, 0.05) is 160 Å². The number of piperidine rings is 3. The Morgan fingerprint density at radius 2 is 0.638 bits per heavy atom. The van der Waals surface area contributed by atoms with Crippen LogP contribution in [0.2, 0.25) is 0 Å². The third-order valence-corrected chi connectivity index (χ3v) is 26.9. The highest BCUT2D eigenvalue weighted by atomic mass is 31.2. The SMILES string of the molecule is CC(=O)N[C@H]1[C@H](OCCCCC(=O)CCCCCCC(=O)N2CCC(COP(=O)([O-])OCC3(CO)CCN(C(=O)CCCCCCC(=O)CCCCO[C@@H]4O[C@H](CO)[C@H](O)[C@H](O)[C@H]4NC(C)=O)CC3)(COP(=O)([O-])OCC3(COC(C)(C)C)CCN(C(=O)CCCCCCC(=O)CCCCO[C@@H]4O[C@H](CO)[C@H](O)[C@H](O)[C@H]4NC(C)=O)CC3)CC2)O[C@H](CO)[C@H](C)[C@@H]1O. The quantitative estimate of drug-likeness (QED) is 0.0307. The van der Waals surface area contributed by atoms with Gasteiger partial charge in [-0.05, 0) is 136 Å². The van der Waals surface area contributed by atoms with Crippen molar-refractivity contribution in [2.75, 3.05) is 119 Å². The lowest BCUT2D eigenvalue weighted by Gasteiger charge is -2.45. The summed E-state index contributed by atoms with van der Waals surface area (Å²) in [6.45, 7) is 8.76. The van der Waals surface area contributed by atoms with Crippen LogP contribution in [0, 0.1) is 22.2 Å². The van der Waals surface area contributed by atoms with E-state index in [2.05, 4.69) is 16.0 Å². The van der Waals surface area contributed by atoms with Crippen LogP contribution in [0.15, 0.2) is 0 Å². The molecule has 6 aliphatic rings. The molecule has 0 aliphatic carbocycles. The third-order valence-electron chi connectivity index (χ3n) is 25.1. The van der Waals surface area contributed by atoms with Gasteiger partial charge in [-0.2, -0.15) is 0 Å². The van der Waals surface area contributed by atoms with Crippen molar-refractivity contribution in [2.45, 2.75) is 352 Å². The van der Waals surface area contributed by atoms with Crippen LogP contribution in [-0.2, 0) is 104 Å². The normalized spacial score (nSPS) is 27.1. The molecule has 0 saturated carbocycles. The van der Waals surface area contributed by atoms with Crippen molar-refractivity contribution in [3.63, 3.8) is 0 Å². The molecule has 0 radical (unpaired) electrons. The Labute approximate surface area is 747 Å². The Bertz CT molecular complexity index is 3430. The number of carbonyl (C=O) groups excluding carboxylic acids is 9. The first-order chi connectivity index (χ1) is 60.2. The molecule has 6 fully saturated rings. The predicted molar refractivity (Wildman–Crippen MR) is 453 cm³/mol. The number of rotatable bonds is 60. The average molecular weight is 1860 g/mol. The summed E-state index contributed by atoms with van der Waals surface area (Å²) < 4.78 is 91.0. The van der Waals surface area contributed by atoms with Gasteiger partial charge in [0.1, 0.15) is 72.1 Å². The smallest absolute Gasteiger partial charge is 0.267 e. The second-order valence-corrected chi connectivity index (χ2v) is 39.5. The zero-order valence-corrected chi connectivity index (χ0v) is 77.6. The van der Waals surface area contributed by atoms with Crippen molar-refractivity contribution < 1.29 is 159 Å². The summed E-state index contributed by atoms with van der Waals surface area (Å²) in [5, 5.41) is 99.6. The largest absolute Gasteiger partial charge is 0.756 e.